The van der Waals surface area contributed by atoms with Gasteiger partial charge < -0.3 is 9.47 Å². The highest BCUT2D eigenvalue weighted by atomic mass is 16.8. The fourth-order valence-electron chi connectivity index (χ4n) is 3.81. The van der Waals surface area contributed by atoms with E-state index < -0.39 is 6.03 Å². The molecule has 2 aromatic rings. The van der Waals surface area contributed by atoms with Crippen LogP contribution < -0.4 is 9.47 Å². The second kappa shape index (κ2) is 4.69. The molecule has 0 aliphatic carbocycles. The van der Waals surface area contributed by atoms with E-state index in [1.165, 1.54) is 0 Å². The van der Waals surface area contributed by atoms with E-state index in [9.17, 15) is 0 Å². The van der Waals surface area contributed by atoms with Crippen molar-refractivity contribution in [1.82, 2.24) is 0 Å². The van der Waals surface area contributed by atoms with E-state index in [4.69, 9.17) is 9.47 Å². The number of para-hydroxylation sites is 2. The Kier molecular flexibility index (Phi) is 2.70. The molecule has 4 heteroatoms. The van der Waals surface area contributed by atoms with Crippen molar-refractivity contribution < 1.29 is 18.6 Å². The van der Waals surface area contributed by atoms with Crippen molar-refractivity contribution in [3.8, 4) is 11.5 Å². The van der Waals surface area contributed by atoms with E-state index in [-0.39, 0.29) is 0 Å². The number of aryl methyl sites for hydroxylation is 2. The SMILES string of the molecule is Cc1cccc2c1OC13Oc4c(C)cccc4/[N+]1=C\CCCC=[N+]23. The van der Waals surface area contributed by atoms with Crippen molar-refractivity contribution in [2.45, 2.75) is 39.1 Å². The van der Waals surface area contributed by atoms with E-state index in [1.54, 1.807) is 0 Å². The first-order chi connectivity index (χ1) is 11.7. The molecular weight excluding hydrogens is 300 g/mol. The first-order valence-electron chi connectivity index (χ1n) is 8.53. The third-order valence-electron chi connectivity index (χ3n) is 5.01. The molecule has 0 radical (unpaired) electrons. The minimum Gasteiger partial charge on any atom is -0.333 e. The normalized spacial score (nSPS) is 25.6. The predicted octanol–water partition coefficient (Wildman–Crippen LogP) is 4.01. The summed E-state index contributed by atoms with van der Waals surface area (Å²) in [5.41, 5.74) is 4.39. The minimum atomic E-state index is -0.969. The van der Waals surface area contributed by atoms with Gasteiger partial charge in [-0.2, -0.15) is 0 Å². The maximum atomic E-state index is 6.49. The summed E-state index contributed by atoms with van der Waals surface area (Å²) < 4.78 is 17.3. The maximum Gasteiger partial charge on any atom is 0.714 e. The van der Waals surface area contributed by atoms with Crippen molar-refractivity contribution in [2.24, 2.45) is 0 Å². The maximum absolute atomic E-state index is 6.49. The summed E-state index contributed by atoms with van der Waals surface area (Å²) in [6.07, 6.45) is 7.55. The Balaban J connectivity index is 1.79. The number of nitrogens with zero attached hydrogens (tertiary/aromatic N) is 2. The van der Waals surface area contributed by atoms with Crippen LogP contribution in [0.2, 0.25) is 0 Å². The van der Waals surface area contributed by atoms with Crippen molar-refractivity contribution in [3.05, 3.63) is 47.5 Å². The van der Waals surface area contributed by atoms with Crippen LogP contribution in [0, 0.1) is 13.8 Å². The van der Waals surface area contributed by atoms with Gasteiger partial charge in [0.05, 0.1) is 0 Å². The summed E-state index contributed by atoms with van der Waals surface area (Å²) in [6, 6.07) is 11.5. The lowest BCUT2D eigenvalue weighted by Gasteiger charge is -2.13. The number of fused-ring (bicyclic) bond motifs is 4. The van der Waals surface area contributed by atoms with Crippen LogP contribution in [0.5, 0.6) is 11.5 Å². The molecule has 2 aromatic carbocycles. The van der Waals surface area contributed by atoms with E-state index in [0.29, 0.717) is 0 Å². The lowest BCUT2D eigenvalue weighted by Crippen LogP contribution is -2.53. The molecule has 0 N–H and O–H groups in total. The van der Waals surface area contributed by atoms with Gasteiger partial charge in [-0.05, 0) is 31.4 Å². The van der Waals surface area contributed by atoms with Crippen LogP contribution in [0.15, 0.2) is 36.4 Å². The summed E-state index contributed by atoms with van der Waals surface area (Å²) in [7, 11) is 0. The van der Waals surface area contributed by atoms with Crippen LogP contribution in [-0.2, 0) is 0 Å². The van der Waals surface area contributed by atoms with Crippen LogP contribution in [0.25, 0.3) is 0 Å². The molecule has 1 atom stereocenters. The zero-order valence-electron chi connectivity index (χ0n) is 14.0. The Bertz CT molecular complexity index is 852. The zero-order chi connectivity index (χ0) is 16.3. The Morgan fingerprint density at radius 1 is 0.792 bits per heavy atom. The highest BCUT2D eigenvalue weighted by molar-refractivity contribution is 5.65. The number of hydrogen-bond acceptors (Lipinski definition) is 2. The number of benzene rings is 2. The van der Waals surface area contributed by atoms with E-state index in [0.717, 1.165) is 53.3 Å². The van der Waals surface area contributed by atoms with Crippen LogP contribution in [0.1, 0.15) is 30.4 Å². The number of rotatable bonds is 0. The molecule has 24 heavy (non-hydrogen) atoms. The van der Waals surface area contributed by atoms with E-state index in [2.05, 4.69) is 71.8 Å². The van der Waals surface area contributed by atoms with Gasteiger partial charge in [0.25, 0.3) is 11.4 Å². The van der Waals surface area contributed by atoms with E-state index >= 15 is 0 Å². The summed E-state index contributed by atoms with van der Waals surface area (Å²) in [4.78, 5) is 0. The van der Waals surface area contributed by atoms with Crippen molar-refractivity contribution in [2.75, 3.05) is 0 Å². The highest BCUT2D eigenvalue weighted by Gasteiger charge is 2.72. The molecule has 5 rings (SSSR count). The van der Waals surface area contributed by atoms with Gasteiger partial charge in [-0.25, -0.2) is 0 Å². The molecule has 3 aliphatic rings. The van der Waals surface area contributed by atoms with Gasteiger partial charge in [-0.15, -0.1) is 0 Å². The van der Waals surface area contributed by atoms with Crippen molar-refractivity contribution >= 4 is 23.8 Å². The van der Waals surface area contributed by atoms with Gasteiger partial charge in [-0.3, -0.25) is 0 Å². The molecule has 3 heterocycles. The highest BCUT2D eigenvalue weighted by Crippen LogP contribution is 2.51. The fraction of sp³-hybridized carbons (Fsp3) is 0.300. The molecule has 0 fully saturated rings. The molecule has 1 spiro atoms. The standard InChI is InChI=1S/C20H20N2O2/c1-14-8-6-10-16-18(14)23-20-21(16)12-4-3-5-13-22(20)17-11-7-9-15(2)19(17)24-20/h6-13H,3-5H2,1-2H3/q+2/b21-12+,22-13?. The summed E-state index contributed by atoms with van der Waals surface area (Å²) in [5, 5.41) is 0. The average Bonchev–Trinajstić information content (AvgIpc) is 3.03. The number of ether oxygens (including phenoxy) is 2. The Morgan fingerprint density at radius 3 is 1.79 bits per heavy atom. The monoisotopic (exact) mass is 320 g/mol. The van der Waals surface area contributed by atoms with Gasteiger partial charge >= 0.3 is 6.03 Å². The Hall–Kier alpha value is -2.62. The van der Waals surface area contributed by atoms with Crippen LogP contribution in [-0.4, -0.2) is 27.6 Å². The van der Waals surface area contributed by atoms with Gasteiger partial charge in [0, 0.05) is 25.0 Å². The second-order valence-electron chi connectivity index (χ2n) is 6.63. The van der Waals surface area contributed by atoms with Gasteiger partial charge in [0.1, 0.15) is 0 Å². The summed E-state index contributed by atoms with van der Waals surface area (Å²) in [5.74, 6) is 1.80. The number of hydrogen-bond donors (Lipinski definition) is 0. The molecular formula is C20H20N2O2+2. The van der Waals surface area contributed by atoms with Crippen LogP contribution in [0.4, 0.5) is 11.4 Å². The summed E-state index contributed by atoms with van der Waals surface area (Å²) >= 11 is 0. The third-order valence-corrected chi connectivity index (χ3v) is 5.01. The Labute approximate surface area is 141 Å². The van der Waals surface area contributed by atoms with Gasteiger partial charge in [0.15, 0.2) is 12.4 Å². The second-order valence-corrected chi connectivity index (χ2v) is 6.63. The smallest absolute Gasteiger partial charge is 0.333 e. The first-order valence-corrected chi connectivity index (χ1v) is 8.53. The van der Waals surface area contributed by atoms with Gasteiger partial charge in [0.2, 0.25) is 11.5 Å². The van der Waals surface area contributed by atoms with Crippen LogP contribution >= 0.6 is 0 Å². The van der Waals surface area contributed by atoms with Crippen LogP contribution in [0.3, 0.4) is 0 Å². The zero-order valence-corrected chi connectivity index (χ0v) is 14.0. The van der Waals surface area contributed by atoms with Crippen molar-refractivity contribution in [3.63, 3.8) is 0 Å². The quantitative estimate of drug-likeness (QED) is 0.685. The minimum absolute atomic E-state index is 0.902. The van der Waals surface area contributed by atoms with Crippen molar-refractivity contribution in [1.29, 1.82) is 0 Å². The molecule has 1 unspecified atom stereocenters. The fourth-order valence-corrected chi connectivity index (χ4v) is 3.81. The average molecular weight is 320 g/mol. The largest absolute Gasteiger partial charge is 0.714 e. The summed E-state index contributed by atoms with van der Waals surface area (Å²) in [6.45, 7) is 4.16. The lowest BCUT2D eigenvalue weighted by molar-refractivity contribution is -0.831. The molecule has 0 amide bonds. The molecule has 0 bridgehead atoms. The van der Waals surface area contributed by atoms with Gasteiger partial charge in [-0.1, -0.05) is 33.4 Å². The first kappa shape index (κ1) is 13.8. The Morgan fingerprint density at radius 2 is 1.29 bits per heavy atom. The predicted molar refractivity (Wildman–Crippen MR) is 92.2 cm³/mol. The molecule has 4 nitrogen and oxygen atoms in total. The molecule has 0 aromatic heterocycles. The third kappa shape index (κ3) is 1.63. The molecule has 120 valence electrons. The lowest BCUT2D eigenvalue weighted by atomic mass is 10.2. The van der Waals surface area contributed by atoms with E-state index in [1.807, 2.05) is 0 Å². The molecule has 3 aliphatic heterocycles. The topological polar surface area (TPSA) is 24.5 Å². The molecule has 0 saturated carbocycles. The molecule has 0 saturated heterocycles.